The molecule has 9 heteroatoms. The molecule has 0 radical (unpaired) electrons. The normalized spacial score (nSPS) is 11.0. The van der Waals surface area contributed by atoms with Gasteiger partial charge < -0.3 is 16.0 Å². The highest BCUT2D eigenvalue weighted by Crippen LogP contribution is 2.27. The van der Waals surface area contributed by atoms with Crippen molar-refractivity contribution in [3.05, 3.63) is 18.2 Å². The highest BCUT2D eigenvalue weighted by molar-refractivity contribution is 7.89. The zero-order valence-corrected chi connectivity index (χ0v) is 16.2. The number of anilines is 2. The van der Waals surface area contributed by atoms with Gasteiger partial charge in [0.2, 0.25) is 15.9 Å². The van der Waals surface area contributed by atoms with Gasteiger partial charge in [-0.1, -0.05) is 13.8 Å². The second-order valence-corrected chi connectivity index (χ2v) is 6.89. The Morgan fingerprint density at radius 3 is 2.25 bits per heavy atom. The van der Waals surface area contributed by atoms with E-state index in [0.717, 1.165) is 0 Å². The highest BCUT2D eigenvalue weighted by atomic mass is 35.5. The van der Waals surface area contributed by atoms with E-state index in [0.29, 0.717) is 37.4 Å². The molecule has 0 atom stereocenters. The van der Waals surface area contributed by atoms with Crippen LogP contribution in [0.15, 0.2) is 23.1 Å². The Morgan fingerprint density at radius 2 is 1.75 bits per heavy atom. The fourth-order valence-corrected chi connectivity index (χ4v) is 3.65. The average Bonchev–Trinajstić information content (AvgIpc) is 2.53. The molecule has 0 saturated heterocycles. The molecule has 0 aliphatic carbocycles. The van der Waals surface area contributed by atoms with Crippen LogP contribution in [-0.2, 0) is 14.8 Å². The minimum atomic E-state index is -3.56. The lowest BCUT2D eigenvalue weighted by Crippen LogP contribution is -2.30. The molecule has 1 amide bonds. The third-order valence-corrected chi connectivity index (χ3v) is 5.53. The second kappa shape index (κ2) is 10.5. The van der Waals surface area contributed by atoms with Crippen molar-refractivity contribution in [2.75, 3.05) is 44.4 Å². The summed E-state index contributed by atoms with van der Waals surface area (Å²) in [4.78, 5) is 12.1. The highest BCUT2D eigenvalue weighted by Gasteiger charge is 2.22. The van der Waals surface area contributed by atoms with Gasteiger partial charge in [0.15, 0.2) is 0 Å². The number of hydrogen-bond donors (Lipinski definition) is 3. The molecule has 0 heterocycles. The van der Waals surface area contributed by atoms with Crippen molar-refractivity contribution in [1.82, 2.24) is 9.62 Å². The molecule has 0 unspecified atom stereocenters. The molecule has 0 bridgehead atoms. The van der Waals surface area contributed by atoms with E-state index in [1.807, 2.05) is 0 Å². The third kappa shape index (κ3) is 5.62. The van der Waals surface area contributed by atoms with Crippen LogP contribution in [0.2, 0.25) is 0 Å². The summed E-state index contributed by atoms with van der Waals surface area (Å²) in [5, 5.41) is 8.61. The maximum Gasteiger partial charge on any atom is 0.243 e. The summed E-state index contributed by atoms with van der Waals surface area (Å²) in [7, 11) is -0.0727. The molecule has 24 heavy (non-hydrogen) atoms. The van der Waals surface area contributed by atoms with Crippen molar-refractivity contribution >= 4 is 39.7 Å². The number of nitrogens with one attached hydrogen (secondary N) is 3. The first-order valence-electron chi connectivity index (χ1n) is 7.67. The van der Waals surface area contributed by atoms with Gasteiger partial charge in [-0.05, 0) is 25.2 Å². The van der Waals surface area contributed by atoms with Gasteiger partial charge in [-0.2, -0.15) is 4.31 Å². The first kappa shape index (κ1) is 22.6. The van der Waals surface area contributed by atoms with Gasteiger partial charge in [-0.15, -0.1) is 12.4 Å². The Labute approximate surface area is 150 Å². The first-order chi connectivity index (χ1) is 10.9. The molecule has 1 aromatic rings. The summed E-state index contributed by atoms with van der Waals surface area (Å²) in [6, 6.07) is 4.70. The first-order valence-corrected chi connectivity index (χ1v) is 9.11. The topological polar surface area (TPSA) is 90.5 Å². The molecule has 138 valence electrons. The molecular weight excluding hydrogens is 352 g/mol. The SMILES string of the molecule is CCN(CC)S(=O)(=O)c1ccc(NC)c(NC(=O)CCNC)c1.Cl. The molecule has 3 N–H and O–H groups in total. The van der Waals surface area contributed by atoms with Crippen LogP contribution in [0.1, 0.15) is 20.3 Å². The summed E-state index contributed by atoms with van der Waals surface area (Å²) < 4.78 is 26.6. The van der Waals surface area contributed by atoms with Crippen LogP contribution in [0.3, 0.4) is 0 Å². The molecule has 0 aromatic heterocycles. The Hall–Kier alpha value is -1.35. The predicted molar refractivity (Wildman–Crippen MR) is 101 cm³/mol. The Balaban J connectivity index is 0.00000529. The van der Waals surface area contributed by atoms with Crippen LogP contribution in [0.5, 0.6) is 0 Å². The standard InChI is InChI=1S/C15H26N4O3S.ClH/c1-5-19(6-2)23(21,22)12-7-8-13(17-4)14(11-12)18-15(20)9-10-16-3;/h7-8,11,16-17H,5-6,9-10H2,1-4H3,(H,18,20);1H. The zero-order chi connectivity index (χ0) is 17.5. The van der Waals surface area contributed by atoms with Crippen LogP contribution < -0.4 is 16.0 Å². The van der Waals surface area contributed by atoms with E-state index in [1.54, 1.807) is 40.1 Å². The Bertz CT molecular complexity index is 634. The van der Waals surface area contributed by atoms with Crippen LogP contribution in [-0.4, -0.2) is 52.4 Å². The second-order valence-electron chi connectivity index (χ2n) is 4.95. The fourth-order valence-electron chi connectivity index (χ4n) is 2.17. The number of sulfonamides is 1. The van der Waals surface area contributed by atoms with E-state index in [1.165, 1.54) is 10.4 Å². The summed E-state index contributed by atoms with van der Waals surface area (Å²) >= 11 is 0. The number of carbonyl (C=O) groups excluding carboxylic acids is 1. The smallest absolute Gasteiger partial charge is 0.243 e. The van der Waals surface area contributed by atoms with Crippen molar-refractivity contribution in [1.29, 1.82) is 0 Å². The van der Waals surface area contributed by atoms with E-state index in [2.05, 4.69) is 16.0 Å². The Morgan fingerprint density at radius 1 is 1.12 bits per heavy atom. The van der Waals surface area contributed by atoms with Crippen molar-refractivity contribution < 1.29 is 13.2 Å². The quantitative estimate of drug-likeness (QED) is 0.608. The Kier molecular flexibility index (Phi) is 9.91. The monoisotopic (exact) mass is 378 g/mol. The predicted octanol–water partition coefficient (Wildman–Crippen LogP) is 1.73. The number of amides is 1. The van der Waals surface area contributed by atoms with Gasteiger partial charge in [0.25, 0.3) is 0 Å². The summed E-state index contributed by atoms with van der Waals surface area (Å²) in [5.41, 5.74) is 1.13. The van der Waals surface area contributed by atoms with Crippen LogP contribution >= 0.6 is 12.4 Å². The molecule has 0 spiro atoms. The van der Waals surface area contributed by atoms with Gasteiger partial charge in [0.05, 0.1) is 16.3 Å². The molecular formula is C15H27ClN4O3S. The fraction of sp³-hybridized carbons (Fsp3) is 0.533. The number of carbonyl (C=O) groups is 1. The van der Waals surface area contributed by atoms with E-state index in [4.69, 9.17) is 0 Å². The number of rotatable bonds is 9. The minimum Gasteiger partial charge on any atom is -0.386 e. The van der Waals surface area contributed by atoms with Crippen LogP contribution in [0.4, 0.5) is 11.4 Å². The maximum atomic E-state index is 12.6. The number of benzene rings is 1. The summed E-state index contributed by atoms with van der Waals surface area (Å²) in [6.45, 7) is 4.94. The van der Waals surface area contributed by atoms with Gasteiger partial charge >= 0.3 is 0 Å². The minimum absolute atomic E-state index is 0. The zero-order valence-electron chi connectivity index (χ0n) is 14.5. The third-order valence-electron chi connectivity index (χ3n) is 3.48. The van der Waals surface area contributed by atoms with Crippen molar-refractivity contribution in [2.24, 2.45) is 0 Å². The molecule has 7 nitrogen and oxygen atoms in total. The molecule has 1 aromatic carbocycles. The van der Waals surface area contributed by atoms with Crippen LogP contribution in [0, 0.1) is 0 Å². The van der Waals surface area contributed by atoms with Crippen molar-refractivity contribution in [2.45, 2.75) is 25.2 Å². The average molecular weight is 379 g/mol. The lowest BCUT2D eigenvalue weighted by atomic mass is 10.2. The van der Waals surface area contributed by atoms with Gasteiger partial charge in [0, 0.05) is 33.1 Å². The lowest BCUT2D eigenvalue weighted by molar-refractivity contribution is -0.116. The number of nitrogens with zero attached hydrogens (tertiary/aromatic N) is 1. The summed E-state index contributed by atoms with van der Waals surface area (Å²) in [5.74, 6) is -0.173. The van der Waals surface area contributed by atoms with Gasteiger partial charge in [-0.25, -0.2) is 8.42 Å². The van der Waals surface area contributed by atoms with E-state index in [9.17, 15) is 13.2 Å². The molecule has 0 fully saturated rings. The molecule has 0 aliphatic heterocycles. The molecule has 0 saturated carbocycles. The number of hydrogen-bond acceptors (Lipinski definition) is 5. The van der Waals surface area contributed by atoms with E-state index >= 15 is 0 Å². The van der Waals surface area contributed by atoms with E-state index < -0.39 is 10.0 Å². The lowest BCUT2D eigenvalue weighted by Gasteiger charge is -2.20. The molecule has 1 rings (SSSR count). The van der Waals surface area contributed by atoms with Crippen LogP contribution in [0.25, 0.3) is 0 Å². The summed E-state index contributed by atoms with van der Waals surface area (Å²) in [6.07, 6.45) is 0.312. The van der Waals surface area contributed by atoms with Gasteiger partial charge in [0.1, 0.15) is 0 Å². The largest absolute Gasteiger partial charge is 0.386 e. The van der Waals surface area contributed by atoms with Crippen molar-refractivity contribution in [3.63, 3.8) is 0 Å². The van der Waals surface area contributed by atoms with E-state index in [-0.39, 0.29) is 23.2 Å². The van der Waals surface area contributed by atoms with Crippen molar-refractivity contribution in [3.8, 4) is 0 Å². The molecule has 0 aliphatic rings. The van der Waals surface area contributed by atoms with Gasteiger partial charge in [-0.3, -0.25) is 4.79 Å². The number of halogens is 1. The maximum absolute atomic E-state index is 12.6.